The van der Waals surface area contributed by atoms with Crippen molar-refractivity contribution in [2.45, 2.75) is 32.2 Å². The van der Waals surface area contributed by atoms with Crippen LogP contribution in [0.15, 0.2) is 22.7 Å². The average molecular weight is 404 g/mol. The van der Waals surface area contributed by atoms with Crippen LogP contribution < -0.4 is 5.32 Å². The van der Waals surface area contributed by atoms with E-state index in [9.17, 15) is 9.59 Å². The van der Waals surface area contributed by atoms with Crippen molar-refractivity contribution in [3.8, 4) is 0 Å². The van der Waals surface area contributed by atoms with Gasteiger partial charge in [-0.2, -0.15) is 0 Å². The molecule has 0 unspecified atom stereocenters. The van der Waals surface area contributed by atoms with Gasteiger partial charge in [0.2, 0.25) is 0 Å². The van der Waals surface area contributed by atoms with Crippen LogP contribution in [-0.4, -0.2) is 42.6 Å². The number of hydrogen-bond acceptors (Lipinski definition) is 3. The zero-order valence-corrected chi connectivity index (χ0v) is 15.3. The minimum absolute atomic E-state index is 0.0639. The van der Waals surface area contributed by atoms with Crippen LogP contribution in [-0.2, 0) is 4.74 Å². The highest BCUT2D eigenvalue weighted by molar-refractivity contribution is 9.10. The molecule has 0 spiro atoms. The smallest absolute Gasteiger partial charge is 0.407 e. The fourth-order valence-electron chi connectivity index (χ4n) is 2.39. The fraction of sp³-hybridized carbons (Fsp3) is 0.500. The number of unbranched alkanes of at least 4 members (excludes halogenated alkanes) is 1. The number of ether oxygens (including phenoxy) is 1. The molecule has 1 aliphatic heterocycles. The predicted octanol–water partition coefficient (Wildman–Crippen LogP) is 3.84. The van der Waals surface area contributed by atoms with Crippen LogP contribution in [0.3, 0.4) is 0 Å². The van der Waals surface area contributed by atoms with Gasteiger partial charge in [0.25, 0.3) is 5.91 Å². The van der Waals surface area contributed by atoms with Crippen molar-refractivity contribution in [3.05, 3.63) is 33.3 Å². The molecule has 1 aromatic carbocycles. The minimum Gasteiger partial charge on any atom is -0.450 e. The lowest BCUT2D eigenvalue weighted by atomic mass is 10.2. The summed E-state index contributed by atoms with van der Waals surface area (Å²) < 4.78 is 5.77. The van der Waals surface area contributed by atoms with E-state index in [4.69, 9.17) is 16.3 Å². The largest absolute Gasteiger partial charge is 0.450 e. The second kappa shape index (κ2) is 8.55. The molecule has 1 atom stereocenters. The summed E-state index contributed by atoms with van der Waals surface area (Å²) in [5, 5.41) is 3.38. The van der Waals surface area contributed by atoms with Crippen LogP contribution in [0.25, 0.3) is 0 Å². The van der Waals surface area contributed by atoms with Gasteiger partial charge in [-0.15, -0.1) is 0 Å². The molecule has 0 saturated carbocycles. The van der Waals surface area contributed by atoms with E-state index in [0.717, 1.165) is 19.3 Å². The number of likely N-dealkylation sites (tertiary alicyclic amines) is 1. The number of hydrogen-bond donors (Lipinski definition) is 1. The molecular weight excluding hydrogens is 384 g/mol. The van der Waals surface area contributed by atoms with Crippen LogP contribution in [0.2, 0.25) is 5.02 Å². The van der Waals surface area contributed by atoms with E-state index in [2.05, 4.69) is 21.2 Å². The molecule has 126 valence electrons. The number of carbonyl (C=O) groups excluding carboxylic acids is 2. The molecule has 2 amide bonds. The lowest BCUT2D eigenvalue weighted by Gasteiger charge is -2.17. The Kier molecular flexibility index (Phi) is 6.72. The zero-order chi connectivity index (χ0) is 16.8. The molecule has 0 aromatic heterocycles. The summed E-state index contributed by atoms with van der Waals surface area (Å²) in [6.45, 7) is 3.56. The van der Waals surface area contributed by atoms with E-state index in [1.807, 2.05) is 6.92 Å². The Bertz CT molecular complexity index is 582. The molecule has 1 fully saturated rings. The summed E-state index contributed by atoms with van der Waals surface area (Å²) in [5.41, 5.74) is 0.576. The van der Waals surface area contributed by atoms with E-state index >= 15 is 0 Å². The van der Waals surface area contributed by atoms with Gasteiger partial charge in [-0.3, -0.25) is 4.79 Å². The van der Waals surface area contributed by atoms with Crippen molar-refractivity contribution >= 4 is 39.5 Å². The van der Waals surface area contributed by atoms with Crippen LogP contribution in [0, 0.1) is 0 Å². The topological polar surface area (TPSA) is 58.6 Å². The third kappa shape index (κ3) is 5.11. The van der Waals surface area contributed by atoms with Crippen LogP contribution in [0.5, 0.6) is 0 Å². The quantitative estimate of drug-likeness (QED) is 0.760. The average Bonchev–Trinajstić information content (AvgIpc) is 2.98. The third-order valence-corrected chi connectivity index (χ3v) is 4.91. The molecule has 0 radical (unpaired) electrons. The van der Waals surface area contributed by atoms with Gasteiger partial charge >= 0.3 is 6.09 Å². The number of rotatable bonds is 5. The first-order chi connectivity index (χ1) is 11.0. The summed E-state index contributed by atoms with van der Waals surface area (Å²) in [4.78, 5) is 25.8. The first-order valence-electron chi connectivity index (χ1n) is 7.69. The van der Waals surface area contributed by atoms with E-state index < -0.39 is 6.09 Å². The van der Waals surface area contributed by atoms with Gasteiger partial charge in [0.15, 0.2) is 0 Å². The van der Waals surface area contributed by atoms with Crippen LogP contribution in [0.4, 0.5) is 4.79 Å². The van der Waals surface area contributed by atoms with Crippen molar-refractivity contribution in [2.24, 2.45) is 0 Å². The zero-order valence-electron chi connectivity index (χ0n) is 13.0. The maximum absolute atomic E-state index is 12.5. The number of nitrogens with zero attached hydrogens (tertiary/aromatic N) is 1. The van der Waals surface area contributed by atoms with Crippen molar-refractivity contribution in [1.29, 1.82) is 0 Å². The molecular formula is C16H20BrClN2O3. The Morgan fingerprint density at radius 1 is 1.48 bits per heavy atom. The Labute approximate surface area is 149 Å². The van der Waals surface area contributed by atoms with Gasteiger partial charge in [0, 0.05) is 23.1 Å². The second-order valence-corrected chi connectivity index (χ2v) is 6.76. The van der Waals surface area contributed by atoms with Gasteiger partial charge in [-0.05, 0) is 47.0 Å². The van der Waals surface area contributed by atoms with Gasteiger partial charge in [0.05, 0.1) is 17.7 Å². The Balaban J connectivity index is 1.85. The molecule has 7 heteroatoms. The number of nitrogens with one attached hydrogen (secondary N) is 1. The van der Waals surface area contributed by atoms with E-state index in [1.54, 1.807) is 23.1 Å². The normalized spacial score (nSPS) is 17.2. The van der Waals surface area contributed by atoms with E-state index in [-0.39, 0.29) is 11.9 Å². The standard InChI is InChI=1S/C16H20BrClN2O3/c1-2-3-8-23-16(22)19-12-6-7-20(10-12)15(21)11-4-5-14(18)13(17)9-11/h4-5,9,12H,2-3,6-8,10H2,1H3,(H,19,22)/t12-/m0/s1. The summed E-state index contributed by atoms with van der Waals surface area (Å²) >= 11 is 9.27. The first-order valence-corrected chi connectivity index (χ1v) is 8.86. The van der Waals surface area contributed by atoms with Gasteiger partial charge in [-0.25, -0.2) is 4.79 Å². The summed E-state index contributed by atoms with van der Waals surface area (Å²) in [5.74, 6) is -0.0639. The van der Waals surface area contributed by atoms with Gasteiger partial charge in [-0.1, -0.05) is 24.9 Å². The number of carbonyl (C=O) groups is 2. The van der Waals surface area contributed by atoms with Crippen LogP contribution >= 0.6 is 27.5 Å². The number of halogens is 2. The maximum Gasteiger partial charge on any atom is 0.407 e. The monoisotopic (exact) mass is 402 g/mol. The second-order valence-electron chi connectivity index (χ2n) is 5.50. The number of alkyl carbamates (subject to hydrolysis) is 1. The third-order valence-electron chi connectivity index (χ3n) is 3.70. The Morgan fingerprint density at radius 3 is 2.96 bits per heavy atom. The van der Waals surface area contributed by atoms with Gasteiger partial charge < -0.3 is 15.0 Å². The molecule has 0 bridgehead atoms. The molecule has 0 aliphatic carbocycles. The molecule has 1 N–H and O–H groups in total. The Morgan fingerprint density at radius 2 is 2.26 bits per heavy atom. The molecule has 5 nitrogen and oxygen atoms in total. The molecule has 23 heavy (non-hydrogen) atoms. The summed E-state index contributed by atoms with van der Waals surface area (Å²) in [6.07, 6.45) is 2.15. The van der Waals surface area contributed by atoms with E-state index in [0.29, 0.717) is 34.8 Å². The van der Waals surface area contributed by atoms with Crippen molar-refractivity contribution in [1.82, 2.24) is 10.2 Å². The van der Waals surface area contributed by atoms with Crippen molar-refractivity contribution in [2.75, 3.05) is 19.7 Å². The lowest BCUT2D eigenvalue weighted by molar-refractivity contribution is 0.0787. The maximum atomic E-state index is 12.5. The number of amides is 2. The summed E-state index contributed by atoms with van der Waals surface area (Å²) in [7, 11) is 0. The minimum atomic E-state index is -0.410. The van der Waals surface area contributed by atoms with Crippen molar-refractivity contribution in [3.63, 3.8) is 0 Å². The molecule has 1 heterocycles. The summed E-state index contributed by atoms with van der Waals surface area (Å²) in [6, 6.07) is 5.04. The first kappa shape index (κ1) is 18.1. The van der Waals surface area contributed by atoms with Gasteiger partial charge in [0.1, 0.15) is 0 Å². The van der Waals surface area contributed by atoms with E-state index in [1.165, 1.54) is 0 Å². The van der Waals surface area contributed by atoms with Crippen molar-refractivity contribution < 1.29 is 14.3 Å². The predicted molar refractivity (Wildman–Crippen MR) is 92.9 cm³/mol. The molecule has 2 rings (SSSR count). The highest BCUT2D eigenvalue weighted by Crippen LogP contribution is 2.24. The highest BCUT2D eigenvalue weighted by Gasteiger charge is 2.28. The van der Waals surface area contributed by atoms with Crippen LogP contribution in [0.1, 0.15) is 36.5 Å². The molecule has 1 aromatic rings. The Hall–Kier alpha value is -1.27. The lowest BCUT2D eigenvalue weighted by Crippen LogP contribution is -2.38. The molecule has 1 saturated heterocycles. The number of benzene rings is 1. The fourth-order valence-corrected chi connectivity index (χ4v) is 2.89. The highest BCUT2D eigenvalue weighted by atomic mass is 79.9. The SMILES string of the molecule is CCCCOC(=O)N[C@H]1CCN(C(=O)c2ccc(Cl)c(Br)c2)C1. The molecule has 1 aliphatic rings.